The standard InChI is InChI=1S/C24H19Cl2N5O2/c25-18-9-8-17(12-19(18)26)31-22(13-20(30-31)16-7-4-10-28-14-16)24(33)29-21(23(27)32)11-15-5-2-1-3-6-15/h1-10,12-14,21H,11H2,(H2,27,32)(H,29,33)/t21-/m0/s1. The van der Waals surface area contributed by atoms with E-state index in [0.717, 1.165) is 11.1 Å². The summed E-state index contributed by atoms with van der Waals surface area (Å²) in [5, 5.41) is 8.00. The molecule has 0 aliphatic carbocycles. The average molecular weight is 480 g/mol. The molecule has 1 atom stereocenters. The van der Waals surface area contributed by atoms with Gasteiger partial charge < -0.3 is 11.1 Å². The number of amides is 2. The second kappa shape index (κ2) is 9.85. The zero-order valence-corrected chi connectivity index (χ0v) is 18.8. The molecule has 2 amide bonds. The van der Waals surface area contributed by atoms with E-state index in [1.54, 1.807) is 42.7 Å². The Morgan fingerprint density at radius 1 is 1.00 bits per heavy atom. The van der Waals surface area contributed by atoms with E-state index in [1.165, 1.54) is 4.68 Å². The van der Waals surface area contributed by atoms with Gasteiger partial charge in [0.25, 0.3) is 5.91 Å². The van der Waals surface area contributed by atoms with Crippen LogP contribution in [0.3, 0.4) is 0 Å². The molecule has 0 radical (unpaired) electrons. The first-order valence-corrected chi connectivity index (χ1v) is 10.8. The Bertz CT molecular complexity index is 1290. The number of primary amides is 1. The molecule has 166 valence electrons. The number of hydrogen-bond donors (Lipinski definition) is 2. The van der Waals surface area contributed by atoms with Crippen molar-refractivity contribution in [3.63, 3.8) is 0 Å². The molecule has 0 unspecified atom stereocenters. The van der Waals surface area contributed by atoms with Crippen LogP contribution in [-0.4, -0.2) is 32.6 Å². The van der Waals surface area contributed by atoms with Crippen molar-refractivity contribution in [1.29, 1.82) is 0 Å². The van der Waals surface area contributed by atoms with Gasteiger partial charge in [-0.3, -0.25) is 14.6 Å². The number of carbonyl (C=O) groups is 2. The Hall–Kier alpha value is -3.68. The van der Waals surface area contributed by atoms with Crippen molar-refractivity contribution >= 4 is 35.0 Å². The summed E-state index contributed by atoms with van der Waals surface area (Å²) in [6.45, 7) is 0. The molecule has 2 aromatic heterocycles. The summed E-state index contributed by atoms with van der Waals surface area (Å²) >= 11 is 12.2. The first-order valence-electron chi connectivity index (χ1n) is 10.0. The second-order valence-electron chi connectivity index (χ2n) is 7.28. The number of hydrogen-bond acceptors (Lipinski definition) is 4. The molecule has 3 N–H and O–H groups in total. The molecular formula is C24H19Cl2N5O2. The SMILES string of the molecule is NC(=O)[C@H](Cc1ccccc1)NC(=O)c1cc(-c2cccnc2)nn1-c1ccc(Cl)c(Cl)c1. The third kappa shape index (κ3) is 5.22. The highest BCUT2D eigenvalue weighted by Gasteiger charge is 2.24. The fourth-order valence-electron chi connectivity index (χ4n) is 3.32. The van der Waals surface area contributed by atoms with E-state index in [4.69, 9.17) is 28.9 Å². The van der Waals surface area contributed by atoms with Crippen LogP contribution >= 0.6 is 23.2 Å². The fraction of sp³-hybridized carbons (Fsp3) is 0.0833. The van der Waals surface area contributed by atoms with Crippen molar-refractivity contribution in [2.24, 2.45) is 5.73 Å². The van der Waals surface area contributed by atoms with E-state index >= 15 is 0 Å². The Morgan fingerprint density at radius 3 is 2.45 bits per heavy atom. The average Bonchev–Trinajstić information content (AvgIpc) is 3.27. The lowest BCUT2D eigenvalue weighted by Crippen LogP contribution is -2.46. The van der Waals surface area contributed by atoms with Gasteiger partial charge in [-0.1, -0.05) is 53.5 Å². The lowest BCUT2D eigenvalue weighted by molar-refractivity contribution is -0.119. The molecule has 0 saturated heterocycles. The van der Waals surface area contributed by atoms with Gasteiger partial charge in [-0.15, -0.1) is 0 Å². The summed E-state index contributed by atoms with van der Waals surface area (Å²) < 4.78 is 1.44. The summed E-state index contributed by atoms with van der Waals surface area (Å²) in [5.74, 6) is -1.15. The molecule has 4 aromatic rings. The van der Waals surface area contributed by atoms with Gasteiger partial charge in [0.1, 0.15) is 11.7 Å². The summed E-state index contributed by atoms with van der Waals surface area (Å²) in [6, 6.07) is 18.6. The Balaban J connectivity index is 1.71. The molecule has 0 saturated carbocycles. The third-order valence-corrected chi connectivity index (χ3v) is 5.72. The predicted molar refractivity (Wildman–Crippen MR) is 127 cm³/mol. The number of halogens is 2. The maximum atomic E-state index is 13.3. The lowest BCUT2D eigenvalue weighted by Gasteiger charge is -2.16. The van der Waals surface area contributed by atoms with Gasteiger partial charge in [-0.05, 0) is 42.0 Å². The van der Waals surface area contributed by atoms with Crippen LogP contribution in [0.15, 0.2) is 79.1 Å². The van der Waals surface area contributed by atoms with Crippen molar-refractivity contribution in [1.82, 2.24) is 20.1 Å². The van der Waals surface area contributed by atoms with Crippen LogP contribution in [0.2, 0.25) is 10.0 Å². The molecule has 2 heterocycles. The van der Waals surface area contributed by atoms with Crippen LogP contribution < -0.4 is 11.1 Å². The zero-order valence-electron chi connectivity index (χ0n) is 17.3. The van der Waals surface area contributed by atoms with Gasteiger partial charge in [-0.2, -0.15) is 5.10 Å². The van der Waals surface area contributed by atoms with Crippen LogP contribution in [0, 0.1) is 0 Å². The second-order valence-corrected chi connectivity index (χ2v) is 8.10. The quantitative estimate of drug-likeness (QED) is 0.416. The largest absolute Gasteiger partial charge is 0.368 e. The monoisotopic (exact) mass is 479 g/mol. The number of nitrogens with one attached hydrogen (secondary N) is 1. The number of pyridine rings is 1. The number of aromatic nitrogens is 3. The summed E-state index contributed by atoms with van der Waals surface area (Å²) in [6.07, 6.45) is 3.55. The Labute approximate surface area is 200 Å². The van der Waals surface area contributed by atoms with E-state index < -0.39 is 17.9 Å². The van der Waals surface area contributed by atoms with Gasteiger partial charge in [-0.25, -0.2) is 4.68 Å². The van der Waals surface area contributed by atoms with Gasteiger partial charge >= 0.3 is 0 Å². The highest BCUT2D eigenvalue weighted by Crippen LogP contribution is 2.27. The molecule has 0 fully saturated rings. The van der Waals surface area contributed by atoms with E-state index in [0.29, 0.717) is 21.4 Å². The van der Waals surface area contributed by atoms with Crippen molar-refractivity contribution in [3.8, 4) is 16.9 Å². The van der Waals surface area contributed by atoms with Crippen LogP contribution in [0.4, 0.5) is 0 Å². The van der Waals surface area contributed by atoms with Crippen molar-refractivity contribution < 1.29 is 9.59 Å². The molecule has 0 aliphatic rings. The molecule has 4 rings (SSSR count). The molecule has 0 bridgehead atoms. The van der Waals surface area contributed by atoms with Crippen molar-refractivity contribution in [2.75, 3.05) is 0 Å². The third-order valence-electron chi connectivity index (χ3n) is 4.98. The molecule has 33 heavy (non-hydrogen) atoms. The first-order chi connectivity index (χ1) is 15.9. The summed E-state index contributed by atoms with van der Waals surface area (Å²) in [5.41, 5.74) is 8.43. The van der Waals surface area contributed by atoms with E-state index in [1.807, 2.05) is 36.4 Å². The normalized spacial score (nSPS) is 11.7. The van der Waals surface area contributed by atoms with Crippen LogP contribution in [0.25, 0.3) is 16.9 Å². The van der Waals surface area contributed by atoms with E-state index in [-0.39, 0.29) is 12.1 Å². The number of nitrogens with two attached hydrogens (primary N) is 1. The maximum Gasteiger partial charge on any atom is 0.270 e. The van der Waals surface area contributed by atoms with Crippen LogP contribution in [0.1, 0.15) is 16.1 Å². The van der Waals surface area contributed by atoms with Crippen LogP contribution in [0.5, 0.6) is 0 Å². The zero-order chi connectivity index (χ0) is 23.4. The minimum atomic E-state index is -0.904. The smallest absolute Gasteiger partial charge is 0.270 e. The number of benzene rings is 2. The molecule has 0 aliphatic heterocycles. The topological polar surface area (TPSA) is 103 Å². The molecule has 0 spiro atoms. The highest BCUT2D eigenvalue weighted by atomic mass is 35.5. The summed E-state index contributed by atoms with van der Waals surface area (Å²) in [7, 11) is 0. The minimum Gasteiger partial charge on any atom is -0.368 e. The fourth-order valence-corrected chi connectivity index (χ4v) is 3.61. The first kappa shape index (κ1) is 22.5. The highest BCUT2D eigenvalue weighted by molar-refractivity contribution is 6.42. The minimum absolute atomic E-state index is 0.201. The van der Waals surface area contributed by atoms with Crippen molar-refractivity contribution in [3.05, 3.63) is 100 Å². The number of nitrogens with zero attached hydrogens (tertiary/aromatic N) is 3. The number of rotatable bonds is 7. The lowest BCUT2D eigenvalue weighted by atomic mass is 10.1. The Morgan fingerprint density at radius 2 is 1.79 bits per heavy atom. The molecule has 9 heteroatoms. The number of carbonyl (C=O) groups excluding carboxylic acids is 2. The van der Waals surface area contributed by atoms with Gasteiger partial charge in [0.15, 0.2) is 0 Å². The van der Waals surface area contributed by atoms with Gasteiger partial charge in [0, 0.05) is 24.4 Å². The molecular weight excluding hydrogens is 461 g/mol. The van der Waals surface area contributed by atoms with Crippen LogP contribution in [-0.2, 0) is 11.2 Å². The molecule has 7 nitrogen and oxygen atoms in total. The Kier molecular flexibility index (Phi) is 6.72. The maximum absolute atomic E-state index is 13.3. The van der Waals surface area contributed by atoms with Gasteiger partial charge in [0.05, 0.1) is 21.4 Å². The van der Waals surface area contributed by atoms with E-state index in [9.17, 15) is 9.59 Å². The predicted octanol–water partition coefficient (Wildman–Crippen LogP) is 4.07. The van der Waals surface area contributed by atoms with Gasteiger partial charge in [0.2, 0.25) is 5.91 Å². The van der Waals surface area contributed by atoms with Crippen molar-refractivity contribution in [2.45, 2.75) is 12.5 Å². The van der Waals surface area contributed by atoms with E-state index in [2.05, 4.69) is 15.4 Å². The summed E-state index contributed by atoms with van der Waals surface area (Å²) in [4.78, 5) is 29.5. The molecule has 2 aromatic carbocycles.